The normalized spacial score (nSPS) is 12.4. The molecule has 1 aromatic carbocycles. The Kier molecular flexibility index (Phi) is 6.54. The summed E-state index contributed by atoms with van der Waals surface area (Å²) in [7, 11) is 1.94. The van der Waals surface area contributed by atoms with Crippen molar-refractivity contribution in [2.45, 2.75) is 19.4 Å². The van der Waals surface area contributed by atoms with E-state index < -0.39 is 6.10 Å². The van der Waals surface area contributed by atoms with Crippen LogP contribution >= 0.6 is 11.8 Å². The van der Waals surface area contributed by atoms with Gasteiger partial charge < -0.3 is 25.0 Å². The van der Waals surface area contributed by atoms with E-state index in [0.717, 1.165) is 22.3 Å². The second kappa shape index (κ2) is 9.07. The van der Waals surface area contributed by atoms with Crippen molar-refractivity contribution in [2.24, 2.45) is 0 Å². The molecule has 3 N–H and O–H groups in total. The van der Waals surface area contributed by atoms with E-state index in [2.05, 4.69) is 9.97 Å². The summed E-state index contributed by atoms with van der Waals surface area (Å²) in [6.07, 6.45) is 4.97. The van der Waals surface area contributed by atoms with E-state index in [4.69, 9.17) is 10.5 Å². The number of aliphatic hydroxyl groups is 1. The van der Waals surface area contributed by atoms with Gasteiger partial charge in [0.05, 0.1) is 18.4 Å². The Morgan fingerprint density at radius 3 is 2.81 bits per heavy atom. The molecule has 0 fully saturated rings. The van der Waals surface area contributed by atoms with Crippen molar-refractivity contribution in [3.63, 3.8) is 0 Å². The number of nitrogens with two attached hydrogens (primary N) is 1. The van der Waals surface area contributed by atoms with E-state index in [9.17, 15) is 5.11 Å². The van der Waals surface area contributed by atoms with Crippen LogP contribution in [0.2, 0.25) is 0 Å². The molecule has 144 valence electrons. The average molecular weight is 388 g/mol. The fourth-order valence-electron chi connectivity index (χ4n) is 3.01. The Labute approximate surface area is 163 Å². The van der Waals surface area contributed by atoms with Crippen molar-refractivity contribution in [2.75, 3.05) is 36.2 Å². The molecule has 0 aliphatic rings. The molecule has 0 saturated carbocycles. The first-order valence-corrected chi connectivity index (χ1v) is 10.1. The summed E-state index contributed by atoms with van der Waals surface area (Å²) in [4.78, 5) is 10.5. The highest BCUT2D eigenvalue weighted by atomic mass is 32.2. The number of fused-ring (bicyclic) bond motifs is 1. The summed E-state index contributed by atoms with van der Waals surface area (Å²) in [5.74, 6) is 1.09. The molecule has 0 spiro atoms. The second-order valence-corrected chi connectivity index (χ2v) is 7.30. The molecule has 0 unspecified atom stereocenters. The fourth-order valence-corrected chi connectivity index (χ4v) is 3.50. The molecule has 27 heavy (non-hydrogen) atoms. The second-order valence-electron chi connectivity index (χ2n) is 6.39. The van der Waals surface area contributed by atoms with Crippen molar-refractivity contribution >= 4 is 34.3 Å². The third-order valence-electron chi connectivity index (χ3n) is 4.26. The summed E-state index contributed by atoms with van der Waals surface area (Å²) in [6.45, 7) is 1.35. The lowest BCUT2D eigenvalue weighted by molar-refractivity contribution is 0.0668. The first-order chi connectivity index (χ1) is 13.1. The van der Waals surface area contributed by atoms with E-state index >= 15 is 0 Å². The Hall–Kier alpha value is -2.29. The maximum Gasteiger partial charge on any atom is 0.151 e. The molecule has 2 aromatic heterocycles. The summed E-state index contributed by atoms with van der Waals surface area (Å²) < 4.78 is 7.78. The third kappa shape index (κ3) is 4.71. The first-order valence-electron chi connectivity index (χ1n) is 8.69. The lowest BCUT2D eigenvalue weighted by Gasteiger charge is -2.21. The van der Waals surface area contributed by atoms with Gasteiger partial charge in [0.25, 0.3) is 0 Å². The highest BCUT2D eigenvalue weighted by molar-refractivity contribution is 7.98. The smallest absolute Gasteiger partial charge is 0.151 e. The minimum absolute atomic E-state index is 0.337. The van der Waals surface area contributed by atoms with E-state index in [1.807, 2.05) is 59.3 Å². The molecule has 1 atom stereocenters. The van der Waals surface area contributed by atoms with Crippen LogP contribution < -0.4 is 10.6 Å². The van der Waals surface area contributed by atoms with Gasteiger partial charge in [0.2, 0.25) is 0 Å². The molecular formula is C19H25N5O2S. The molecule has 0 saturated heterocycles. The average Bonchev–Trinajstić information content (AvgIpc) is 3.03. The van der Waals surface area contributed by atoms with Crippen LogP contribution in [0.25, 0.3) is 11.0 Å². The molecule has 0 bridgehead atoms. The highest BCUT2D eigenvalue weighted by Gasteiger charge is 2.18. The van der Waals surface area contributed by atoms with Crippen molar-refractivity contribution in [1.29, 1.82) is 0 Å². The van der Waals surface area contributed by atoms with Gasteiger partial charge in [-0.3, -0.25) is 0 Å². The molecule has 2 heterocycles. The molecule has 0 aliphatic carbocycles. The van der Waals surface area contributed by atoms with Gasteiger partial charge in [0, 0.05) is 25.5 Å². The highest BCUT2D eigenvalue weighted by Crippen LogP contribution is 2.29. The summed E-state index contributed by atoms with van der Waals surface area (Å²) in [6, 6.07) is 10.0. The van der Waals surface area contributed by atoms with E-state index in [-0.39, 0.29) is 0 Å². The SMILES string of the molecule is CSC[C@@H](O)CN(C)c1cn(COCc2ccccc2)c2c(N)ncnc12. The standard InChI is InChI=1S/C19H25N5O2S/c1-23(8-15(25)11-27-2)16-9-24(18-17(16)21-12-22-19(18)20)13-26-10-14-6-4-3-5-7-14/h3-7,9,12,15,25H,8,10-11,13H2,1-2H3,(H2,20,21,22)/t15-/m0/s1. The van der Waals surface area contributed by atoms with Crippen LogP contribution in [0.15, 0.2) is 42.9 Å². The number of ether oxygens (including phenoxy) is 1. The zero-order chi connectivity index (χ0) is 19.2. The zero-order valence-electron chi connectivity index (χ0n) is 15.6. The van der Waals surface area contributed by atoms with Crippen LogP contribution in [-0.4, -0.2) is 51.3 Å². The Morgan fingerprint density at radius 1 is 1.30 bits per heavy atom. The number of aromatic nitrogens is 3. The molecule has 3 rings (SSSR count). The molecular weight excluding hydrogens is 362 g/mol. The predicted octanol–water partition coefficient (Wildman–Crippen LogP) is 2.35. The Morgan fingerprint density at radius 2 is 2.07 bits per heavy atom. The number of benzene rings is 1. The number of hydrogen-bond donors (Lipinski definition) is 2. The number of nitrogens with zero attached hydrogens (tertiary/aromatic N) is 4. The molecule has 3 aromatic rings. The predicted molar refractivity (Wildman–Crippen MR) is 111 cm³/mol. The van der Waals surface area contributed by atoms with Crippen molar-refractivity contribution < 1.29 is 9.84 Å². The van der Waals surface area contributed by atoms with Gasteiger partial charge in [-0.25, -0.2) is 9.97 Å². The molecule has 0 amide bonds. The van der Waals surface area contributed by atoms with Crippen LogP contribution in [0.3, 0.4) is 0 Å². The number of thioether (sulfide) groups is 1. The van der Waals surface area contributed by atoms with Crippen LogP contribution in [0, 0.1) is 0 Å². The van der Waals surface area contributed by atoms with Gasteiger partial charge in [-0.1, -0.05) is 30.3 Å². The van der Waals surface area contributed by atoms with Gasteiger partial charge in [-0.05, 0) is 11.8 Å². The number of likely N-dealkylation sites (N-methyl/N-ethyl adjacent to an activating group) is 1. The molecule has 8 heteroatoms. The first kappa shape index (κ1) is 19.5. The molecule has 0 aliphatic heterocycles. The Bertz CT molecular complexity index is 871. The van der Waals surface area contributed by atoms with Gasteiger partial charge in [-0.2, -0.15) is 11.8 Å². The fraction of sp³-hybridized carbons (Fsp3) is 0.368. The number of aliphatic hydroxyl groups excluding tert-OH is 1. The Balaban J connectivity index is 1.80. The van der Waals surface area contributed by atoms with Crippen LogP contribution in [0.5, 0.6) is 0 Å². The van der Waals surface area contributed by atoms with E-state index in [0.29, 0.717) is 31.5 Å². The molecule has 0 radical (unpaired) electrons. The number of hydrogen-bond acceptors (Lipinski definition) is 7. The number of nitrogen functional groups attached to an aromatic ring is 1. The quantitative estimate of drug-likeness (QED) is 0.582. The third-order valence-corrected chi connectivity index (χ3v) is 4.97. The number of rotatable bonds is 9. The van der Waals surface area contributed by atoms with E-state index in [1.165, 1.54) is 6.33 Å². The van der Waals surface area contributed by atoms with Gasteiger partial charge in [0.15, 0.2) is 5.82 Å². The lowest BCUT2D eigenvalue weighted by atomic mass is 10.2. The van der Waals surface area contributed by atoms with Crippen LogP contribution in [-0.2, 0) is 18.1 Å². The van der Waals surface area contributed by atoms with Crippen molar-refractivity contribution in [3.8, 4) is 0 Å². The number of anilines is 2. The van der Waals surface area contributed by atoms with Crippen LogP contribution in [0.1, 0.15) is 5.56 Å². The zero-order valence-corrected chi connectivity index (χ0v) is 16.4. The molecule has 7 nitrogen and oxygen atoms in total. The maximum atomic E-state index is 10.1. The van der Waals surface area contributed by atoms with Crippen LogP contribution in [0.4, 0.5) is 11.5 Å². The topological polar surface area (TPSA) is 89.4 Å². The summed E-state index contributed by atoms with van der Waals surface area (Å²) in [5.41, 5.74) is 9.60. The van der Waals surface area contributed by atoms with Gasteiger partial charge in [0.1, 0.15) is 24.1 Å². The van der Waals surface area contributed by atoms with E-state index in [1.54, 1.807) is 11.8 Å². The largest absolute Gasteiger partial charge is 0.390 e. The summed E-state index contributed by atoms with van der Waals surface area (Å²) >= 11 is 1.62. The lowest BCUT2D eigenvalue weighted by Crippen LogP contribution is -2.30. The minimum atomic E-state index is -0.420. The maximum absolute atomic E-state index is 10.1. The van der Waals surface area contributed by atoms with Crippen molar-refractivity contribution in [1.82, 2.24) is 14.5 Å². The van der Waals surface area contributed by atoms with Gasteiger partial charge >= 0.3 is 0 Å². The monoisotopic (exact) mass is 387 g/mol. The van der Waals surface area contributed by atoms with Crippen molar-refractivity contribution in [3.05, 3.63) is 48.4 Å². The minimum Gasteiger partial charge on any atom is -0.390 e. The van der Waals surface area contributed by atoms with Gasteiger partial charge in [-0.15, -0.1) is 0 Å². The summed E-state index contributed by atoms with van der Waals surface area (Å²) in [5, 5.41) is 10.1.